The number of alkyl halides is 3. The molecule has 2 aliphatic heterocycles. The standard InChI is InChI=1S/C26H25F3N4O4S/c27-26(28,29)19-5-8-24(31-14-19)32-22-10-12-33(15-23(22)34)38(36,37)20-6-3-16(4-7-20)18-2-1-17-9-11-30-25(35)21(17)13-18/h1-8,13-14,22-23,34H,9-12,15H2,(H,30,35)(H,31,32)/t22-,23+/m1/s1. The number of amides is 1. The van der Waals surface area contributed by atoms with E-state index in [-0.39, 0.29) is 36.1 Å². The number of pyridine rings is 1. The average molecular weight is 547 g/mol. The number of aliphatic hydroxyl groups is 1. The van der Waals surface area contributed by atoms with Gasteiger partial charge in [-0.2, -0.15) is 17.5 Å². The minimum absolute atomic E-state index is 0.0694. The molecule has 1 saturated heterocycles. The summed E-state index contributed by atoms with van der Waals surface area (Å²) in [6.07, 6.45) is -3.89. The summed E-state index contributed by atoms with van der Waals surface area (Å²) in [5.74, 6) is 0.0338. The number of carbonyl (C=O) groups excluding carboxylic acids is 1. The second-order valence-corrected chi connectivity index (χ2v) is 11.2. The van der Waals surface area contributed by atoms with E-state index >= 15 is 0 Å². The molecule has 2 aliphatic rings. The molecule has 0 spiro atoms. The Kier molecular flexibility index (Phi) is 6.88. The number of anilines is 1. The van der Waals surface area contributed by atoms with Crippen LogP contribution in [0.3, 0.4) is 0 Å². The smallest absolute Gasteiger partial charge is 0.390 e. The van der Waals surface area contributed by atoms with Gasteiger partial charge in [0.05, 0.1) is 22.6 Å². The van der Waals surface area contributed by atoms with E-state index < -0.39 is 33.9 Å². The molecule has 0 saturated carbocycles. The first-order valence-corrected chi connectivity index (χ1v) is 13.5. The Morgan fingerprint density at radius 3 is 2.45 bits per heavy atom. The summed E-state index contributed by atoms with van der Waals surface area (Å²) in [6, 6.07) is 13.4. The van der Waals surface area contributed by atoms with Crippen LogP contribution in [0, 0.1) is 0 Å². The van der Waals surface area contributed by atoms with E-state index in [2.05, 4.69) is 15.6 Å². The van der Waals surface area contributed by atoms with Crippen LogP contribution in [-0.2, 0) is 22.6 Å². The van der Waals surface area contributed by atoms with E-state index in [4.69, 9.17) is 0 Å². The van der Waals surface area contributed by atoms with E-state index in [9.17, 15) is 31.5 Å². The number of aromatic nitrogens is 1. The Morgan fingerprint density at radius 1 is 1.05 bits per heavy atom. The van der Waals surface area contributed by atoms with Crippen LogP contribution in [0.2, 0.25) is 0 Å². The maximum atomic E-state index is 13.2. The normalized spacial score (nSPS) is 20.5. The molecule has 200 valence electrons. The van der Waals surface area contributed by atoms with Crippen LogP contribution < -0.4 is 10.6 Å². The van der Waals surface area contributed by atoms with Crippen molar-refractivity contribution in [1.82, 2.24) is 14.6 Å². The molecule has 1 amide bonds. The zero-order chi connectivity index (χ0) is 27.1. The van der Waals surface area contributed by atoms with Crippen molar-refractivity contribution in [1.29, 1.82) is 0 Å². The number of β-amino-alcohol motifs (C(OH)–C–C–N with tert-alkyl or cyclic N) is 1. The van der Waals surface area contributed by atoms with Gasteiger partial charge in [0.15, 0.2) is 0 Å². The molecule has 1 aromatic heterocycles. The van der Waals surface area contributed by atoms with Gasteiger partial charge < -0.3 is 15.7 Å². The number of aliphatic hydroxyl groups excluding tert-OH is 1. The molecule has 1 fully saturated rings. The third kappa shape index (κ3) is 5.24. The molecule has 2 atom stereocenters. The molecule has 3 N–H and O–H groups in total. The molecule has 12 heteroatoms. The van der Waals surface area contributed by atoms with Crippen LogP contribution in [0.25, 0.3) is 11.1 Å². The fourth-order valence-corrected chi connectivity index (χ4v) is 6.16. The molecule has 0 radical (unpaired) electrons. The highest BCUT2D eigenvalue weighted by Gasteiger charge is 2.35. The molecule has 0 bridgehead atoms. The van der Waals surface area contributed by atoms with Crippen molar-refractivity contribution in [3.05, 3.63) is 77.5 Å². The van der Waals surface area contributed by atoms with Crippen molar-refractivity contribution >= 4 is 21.7 Å². The molecule has 3 aromatic rings. The fraction of sp³-hybridized carbons (Fsp3) is 0.308. The van der Waals surface area contributed by atoms with Gasteiger partial charge >= 0.3 is 6.18 Å². The lowest BCUT2D eigenvalue weighted by Gasteiger charge is -2.35. The van der Waals surface area contributed by atoms with Crippen LogP contribution in [0.5, 0.6) is 0 Å². The molecule has 3 heterocycles. The van der Waals surface area contributed by atoms with Gasteiger partial charge in [-0.25, -0.2) is 13.4 Å². The van der Waals surface area contributed by atoms with Gasteiger partial charge in [0.1, 0.15) is 5.82 Å². The zero-order valence-corrected chi connectivity index (χ0v) is 20.9. The first-order chi connectivity index (χ1) is 18.0. The summed E-state index contributed by atoms with van der Waals surface area (Å²) in [6.45, 7) is 0.535. The predicted octanol–water partition coefficient (Wildman–Crippen LogP) is 3.29. The number of halogens is 3. The third-order valence-electron chi connectivity index (χ3n) is 6.83. The molecule has 8 nitrogen and oxygen atoms in total. The Hall–Kier alpha value is -3.48. The Labute approximate surface area is 217 Å². The first kappa shape index (κ1) is 26.1. The number of sulfonamides is 1. The number of rotatable bonds is 5. The average Bonchev–Trinajstić information content (AvgIpc) is 2.90. The lowest BCUT2D eigenvalue weighted by atomic mass is 9.95. The summed E-state index contributed by atoms with van der Waals surface area (Å²) >= 11 is 0. The van der Waals surface area contributed by atoms with Gasteiger partial charge in [-0.3, -0.25) is 4.79 Å². The van der Waals surface area contributed by atoms with Gasteiger partial charge in [0, 0.05) is 31.4 Å². The van der Waals surface area contributed by atoms with E-state index in [1.54, 1.807) is 18.2 Å². The van der Waals surface area contributed by atoms with Gasteiger partial charge in [-0.05, 0) is 59.9 Å². The Morgan fingerprint density at radius 2 is 1.79 bits per heavy atom. The Balaban J connectivity index is 1.25. The van der Waals surface area contributed by atoms with Gasteiger partial charge in [0.25, 0.3) is 5.91 Å². The van der Waals surface area contributed by atoms with Crippen LogP contribution in [-0.4, -0.2) is 60.5 Å². The summed E-state index contributed by atoms with van der Waals surface area (Å²) in [5.41, 5.74) is 2.26. The maximum absolute atomic E-state index is 13.2. The minimum atomic E-state index is -4.50. The summed E-state index contributed by atoms with van der Waals surface area (Å²) in [5, 5.41) is 16.3. The number of nitrogens with zero attached hydrogens (tertiary/aromatic N) is 2. The van der Waals surface area contributed by atoms with Crippen LogP contribution in [0.4, 0.5) is 19.0 Å². The largest absolute Gasteiger partial charge is 0.417 e. The van der Waals surface area contributed by atoms with Crippen molar-refractivity contribution in [2.24, 2.45) is 0 Å². The minimum Gasteiger partial charge on any atom is -0.390 e. The van der Waals surface area contributed by atoms with Gasteiger partial charge in [-0.1, -0.05) is 24.3 Å². The number of fused-ring (bicyclic) bond motifs is 1. The number of carbonyl (C=O) groups is 1. The van der Waals surface area contributed by atoms with Crippen molar-refractivity contribution in [2.45, 2.75) is 36.1 Å². The van der Waals surface area contributed by atoms with E-state index in [0.717, 1.165) is 29.2 Å². The zero-order valence-electron chi connectivity index (χ0n) is 20.1. The van der Waals surface area contributed by atoms with Crippen molar-refractivity contribution < 1.29 is 31.5 Å². The van der Waals surface area contributed by atoms with Gasteiger partial charge in [0.2, 0.25) is 10.0 Å². The summed E-state index contributed by atoms with van der Waals surface area (Å²) in [4.78, 5) is 16.0. The van der Waals surface area contributed by atoms with E-state index in [1.807, 2.05) is 12.1 Å². The first-order valence-electron chi connectivity index (χ1n) is 12.0. The van der Waals surface area contributed by atoms with E-state index in [0.29, 0.717) is 18.3 Å². The molecule has 5 rings (SSSR count). The van der Waals surface area contributed by atoms with Crippen molar-refractivity contribution in [3.63, 3.8) is 0 Å². The number of nitrogens with one attached hydrogen (secondary N) is 2. The highest BCUT2D eigenvalue weighted by Crippen LogP contribution is 2.30. The molecular formula is C26H25F3N4O4S. The van der Waals surface area contributed by atoms with Crippen LogP contribution in [0.1, 0.15) is 27.9 Å². The summed E-state index contributed by atoms with van der Waals surface area (Å²) in [7, 11) is -3.89. The monoisotopic (exact) mass is 546 g/mol. The highest BCUT2D eigenvalue weighted by molar-refractivity contribution is 7.89. The van der Waals surface area contributed by atoms with Crippen LogP contribution >= 0.6 is 0 Å². The molecular weight excluding hydrogens is 521 g/mol. The lowest BCUT2D eigenvalue weighted by molar-refractivity contribution is -0.137. The highest BCUT2D eigenvalue weighted by atomic mass is 32.2. The third-order valence-corrected chi connectivity index (χ3v) is 8.71. The van der Waals surface area contributed by atoms with Crippen LogP contribution in [0.15, 0.2) is 65.7 Å². The molecule has 0 aliphatic carbocycles. The second kappa shape index (κ2) is 10.0. The number of hydrogen-bond donors (Lipinski definition) is 3. The topological polar surface area (TPSA) is 112 Å². The second-order valence-electron chi connectivity index (χ2n) is 9.30. The van der Waals surface area contributed by atoms with Gasteiger partial charge in [-0.15, -0.1) is 0 Å². The SMILES string of the molecule is O=C1NCCc2ccc(-c3ccc(S(=O)(=O)N4CC[C@@H](Nc5ccc(C(F)(F)F)cn5)[C@@H](O)C4)cc3)cc21. The van der Waals surface area contributed by atoms with E-state index in [1.165, 1.54) is 22.5 Å². The number of piperidine rings is 1. The predicted molar refractivity (Wildman–Crippen MR) is 134 cm³/mol. The molecule has 2 aromatic carbocycles. The van der Waals surface area contributed by atoms with Crippen molar-refractivity contribution in [2.75, 3.05) is 25.0 Å². The molecule has 0 unspecified atom stereocenters. The number of hydrogen-bond acceptors (Lipinski definition) is 6. The maximum Gasteiger partial charge on any atom is 0.417 e. The summed E-state index contributed by atoms with van der Waals surface area (Å²) < 4.78 is 65.9. The Bertz CT molecular complexity index is 1440. The lowest BCUT2D eigenvalue weighted by Crippen LogP contribution is -2.51. The fourth-order valence-electron chi connectivity index (χ4n) is 4.69. The quantitative estimate of drug-likeness (QED) is 0.453. The number of benzene rings is 2. The van der Waals surface area contributed by atoms with Crippen molar-refractivity contribution in [3.8, 4) is 11.1 Å². The molecule has 38 heavy (non-hydrogen) atoms.